The maximum absolute atomic E-state index is 6.13. The van der Waals surface area contributed by atoms with Crippen LogP contribution in [0.25, 0.3) is 0 Å². The van der Waals surface area contributed by atoms with Gasteiger partial charge in [0, 0.05) is 17.3 Å². The topological polar surface area (TPSA) is 29.3 Å². The van der Waals surface area contributed by atoms with Gasteiger partial charge < -0.3 is 5.73 Å². The molecule has 0 aromatic carbocycles. The molecule has 2 aliphatic rings. The zero-order valence-electron chi connectivity index (χ0n) is 10.6. The zero-order chi connectivity index (χ0) is 11.4. The molecule has 0 aromatic heterocycles. The molecule has 0 radical (unpaired) electrons. The first kappa shape index (κ1) is 12.7. The molecule has 2 heterocycles. The Kier molecular flexibility index (Phi) is 4.57. The minimum atomic E-state index is 0.321. The zero-order valence-corrected chi connectivity index (χ0v) is 11.4. The van der Waals surface area contributed by atoms with Crippen molar-refractivity contribution in [3.05, 3.63) is 0 Å². The van der Waals surface area contributed by atoms with E-state index in [4.69, 9.17) is 5.73 Å². The van der Waals surface area contributed by atoms with Crippen LogP contribution >= 0.6 is 11.8 Å². The van der Waals surface area contributed by atoms with Gasteiger partial charge in [0.25, 0.3) is 0 Å². The molecule has 0 aromatic rings. The number of nitrogens with two attached hydrogens (primary N) is 1. The lowest BCUT2D eigenvalue weighted by Crippen LogP contribution is -2.58. The molecule has 3 heteroatoms. The number of likely N-dealkylation sites (tertiary alicyclic amines) is 1. The minimum Gasteiger partial charge on any atom is -0.329 e. The standard InChI is InChI=1S/C13H26N2S/c1-12-13(11-14,7-10-16-12)15-8-5-3-2-4-6-9-15/h12H,2-11,14H2,1H3. The van der Waals surface area contributed by atoms with E-state index in [-0.39, 0.29) is 0 Å². The number of rotatable bonds is 2. The van der Waals surface area contributed by atoms with Crippen LogP contribution in [0.3, 0.4) is 0 Å². The quantitative estimate of drug-likeness (QED) is 0.806. The first-order valence-corrected chi connectivity index (χ1v) is 7.91. The van der Waals surface area contributed by atoms with Crippen LogP contribution in [0.2, 0.25) is 0 Å². The summed E-state index contributed by atoms with van der Waals surface area (Å²) < 4.78 is 0. The average molecular weight is 242 g/mol. The maximum Gasteiger partial charge on any atom is 0.0455 e. The highest BCUT2D eigenvalue weighted by atomic mass is 32.2. The smallest absolute Gasteiger partial charge is 0.0455 e. The van der Waals surface area contributed by atoms with E-state index in [9.17, 15) is 0 Å². The predicted molar refractivity (Wildman–Crippen MR) is 73.0 cm³/mol. The molecule has 2 N–H and O–H groups in total. The Morgan fingerprint density at radius 3 is 2.31 bits per heavy atom. The largest absolute Gasteiger partial charge is 0.329 e. The van der Waals surface area contributed by atoms with Crippen molar-refractivity contribution < 1.29 is 0 Å². The van der Waals surface area contributed by atoms with Crippen molar-refractivity contribution in [1.82, 2.24) is 4.90 Å². The van der Waals surface area contributed by atoms with E-state index in [1.807, 2.05) is 0 Å². The number of thioether (sulfide) groups is 1. The third-order valence-corrected chi connectivity index (χ3v) is 5.88. The molecule has 0 bridgehead atoms. The van der Waals surface area contributed by atoms with Gasteiger partial charge in [-0.25, -0.2) is 0 Å². The summed E-state index contributed by atoms with van der Waals surface area (Å²) in [6.07, 6.45) is 8.32. The molecule has 2 atom stereocenters. The molecule has 94 valence electrons. The first-order chi connectivity index (χ1) is 7.79. The summed E-state index contributed by atoms with van der Waals surface area (Å²) in [6.45, 7) is 5.79. The second-order valence-corrected chi connectivity index (χ2v) is 6.77. The second kappa shape index (κ2) is 5.74. The summed E-state index contributed by atoms with van der Waals surface area (Å²) in [6, 6.07) is 0. The molecule has 0 aliphatic carbocycles. The van der Waals surface area contributed by atoms with Crippen molar-refractivity contribution in [3.63, 3.8) is 0 Å². The molecule has 0 spiro atoms. The van der Waals surface area contributed by atoms with Crippen molar-refractivity contribution in [2.45, 2.75) is 56.2 Å². The summed E-state index contributed by atoms with van der Waals surface area (Å²) in [5, 5.41) is 0.719. The van der Waals surface area contributed by atoms with Crippen molar-refractivity contribution in [1.29, 1.82) is 0 Å². The molecule has 0 saturated carbocycles. The fourth-order valence-corrected chi connectivity index (χ4v) is 4.77. The van der Waals surface area contributed by atoms with Crippen molar-refractivity contribution in [2.75, 3.05) is 25.4 Å². The van der Waals surface area contributed by atoms with Crippen LogP contribution in [0.1, 0.15) is 45.4 Å². The van der Waals surface area contributed by atoms with E-state index in [1.165, 1.54) is 57.4 Å². The highest BCUT2D eigenvalue weighted by Gasteiger charge is 2.44. The van der Waals surface area contributed by atoms with Crippen molar-refractivity contribution in [3.8, 4) is 0 Å². The molecule has 16 heavy (non-hydrogen) atoms. The normalized spacial score (nSPS) is 38.2. The lowest BCUT2D eigenvalue weighted by Gasteiger charge is -2.44. The fourth-order valence-electron chi connectivity index (χ4n) is 3.28. The molecule has 2 nitrogen and oxygen atoms in total. The van der Waals surface area contributed by atoms with E-state index < -0.39 is 0 Å². The summed E-state index contributed by atoms with van der Waals surface area (Å²) in [5.74, 6) is 1.30. The lowest BCUT2D eigenvalue weighted by molar-refractivity contribution is 0.0873. The highest BCUT2D eigenvalue weighted by molar-refractivity contribution is 8.00. The van der Waals surface area contributed by atoms with Crippen LogP contribution in [0.5, 0.6) is 0 Å². The Morgan fingerprint density at radius 2 is 1.81 bits per heavy atom. The number of hydrogen-bond donors (Lipinski definition) is 1. The van der Waals surface area contributed by atoms with Gasteiger partial charge in [0.05, 0.1) is 0 Å². The minimum absolute atomic E-state index is 0.321. The van der Waals surface area contributed by atoms with E-state index in [2.05, 4.69) is 23.6 Å². The van der Waals surface area contributed by atoms with Crippen LogP contribution in [0, 0.1) is 0 Å². The Balaban J connectivity index is 2.06. The molecule has 2 rings (SSSR count). The third-order valence-electron chi connectivity index (χ3n) is 4.50. The molecule has 2 fully saturated rings. The van der Waals surface area contributed by atoms with Crippen molar-refractivity contribution in [2.24, 2.45) is 5.73 Å². The number of nitrogens with zero attached hydrogens (tertiary/aromatic N) is 1. The molecule has 0 amide bonds. The average Bonchev–Trinajstić information content (AvgIpc) is 2.60. The Hall–Kier alpha value is 0.270. The maximum atomic E-state index is 6.13. The summed E-state index contributed by atoms with van der Waals surface area (Å²) in [7, 11) is 0. The van der Waals surface area contributed by atoms with Gasteiger partial charge in [-0.3, -0.25) is 4.90 Å². The third kappa shape index (κ3) is 2.41. The molecule has 2 aliphatic heterocycles. The Bertz CT molecular complexity index is 214. The summed E-state index contributed by atoms with van der Waals surface area (Å²) in [4.78, 5) is 2.73. The lowest BCUT2D eigenvalue weighted by atomic mass is 9.89. The van der Waals surface area contributed by atoms with Crippen LogP contribution in [-0.2, 0) is 0 Å². The predicted octanol–water partition coefficient (Wildman–Crippen LogP) is 2.48. The van der Waals surface area contributed by atoms with Gasteiger partial charge in [0.2, 0.25) is 0 Å². The van der Waals surface area contributed by atoms with E-state index >= 15 is 0 Å². The van der Waals surface area contributed by atoms with Gasteiger partial charge >= 0.3 is 0 Å². The van der Waals surface area contributed by atoms with Gasteiger partial charge in [0.15, 0.2) is 0 Å². The summed E-state index contributed by atoms with van der Waals surface area (Å²) in [5.41, 5.74) is 6.45. The van der Waals surface area contributed by atoms with E-state index in [0.29, 0.717) is 5.54 Å². The van der Waals surface area contributed by atoms with Crippen LogP contribution in [0.4, 0.5) is 0 Å². The molecular formula is C13H26N2S. The van der Waals surface area contributed by atoms with Crippen LogP contribution in [-0.4, -0.2) is 41.1 Å². The van der Waals surface area contributed by atoms with Crippen LogP contribution < -0.4 is 5.73 Å². The SMILES string of the molecule is CC1SCCC1(CN)N1CCCCCCC1. The van der Waals surface area contributed by atoms with Crippen molar-refractivity contribution >= 4 is 11.8 Å². The second-order valence-electron chi connectivity index (χ2n) is 5.33. The Labute approximate surface area is 104 Å². The van der Waals surface area contributed by atoms with E-state index in [0.717, 1.165) is 11.8 Å². The molecule has 2 unspecified atom stereocenters. The highest BCUT2D eigenvalue weighted by Crippen LogP contribution is 2.40. The van der Waals surface area contributed by atoms with Gasteiger partial charge in [-0.2, -0.15) is 11.8 Å². The van der Waals surface area contributed by atoms with Gasteiger partial charge in [0.1, 0.15) is 0 Å². The monoisotopic (exact) mass is 242 g/mol. The molecular weight excluding hydrogens is 216 g/mol. The number of hydrogen-bond acceptors (Lipinski definition) is 3. The van der Waals surface area contributed by atoms with Crippen LogP contribution in [0.15, 0.2) is 0 Å². The molecule has 2 saturated heterocycles. The van der Waals surface area contributed by atoms with Gasteiger partial charge in [-0.05, 0) is 38.1 Å². The fraction of sp³-hybridized carbons (Fsp3) is 1.00. The van der Waals surface area contributed by atoms with Gasteiger partial charge in [-0.15, -0.1) is 0 Å². The summed E-state index contributed by atoms with van der Waals surface area (Å²) >= 11 is 2.11. The Morgan fingerprint density at radius 1 is 1.19 bits per heavy atom. The van der Waals surface area contributed by atoms with E-state index in [1.54, 1.807) is 0 Å². The van der Waals surface area contributed by atoms with Gasteiger partial charge in [-0.1, -0.05) is 26.2 Å². The first-order valence-electron chi connectivity index (χ1n) is 6.86.